The normalized spacial score (nSPS) is 20.6. The first-order valence-electron chi connectivity index (χ1n) is 4.49. The average Bonchev–Trinajstić information content (AvgIpc) is 2.18. The molecule has 0 saturated carbocycles. The fraction of sp³-hybridized carbons (Fsp3) is 0.400. The summed E-state index contributed by atoms with van der Waals surface area (Å²) in [5.74, 6) is 0. The lowest BCUT2D eigenvalue weighted by Crippen LogP contribution is -2.22. The van der Waals surface area contributed by atoms with Crippen LogP contribution in [0.1, 0.15) is 18.0 Å². The maximum absolute atomic E-state index is 6.02. The fourth-order valence-corrected chi connectivity index (χ4v) is 2.33. The Morgan fingerprint density at radius 1 is 1.54 bits per heavy atom. The topological polar surface area (TPSA) is 38.0 Å². The van der Waals surface area contributed by atoms with E-state index in [4.69, 9.17) is 5.73 Å². The molecule has 1 aromatic rings. The summed E-state index contributed by atoms with van der Waals surface area (Å²) in [5.41, 5.74) is 8.53. The average molecular weight is 194 g/mol. The number of nitrogens with one attached hydrogen (secondary N) is 1. The van der Waals surface area contributed by atoms with Crippen LogP contribution in [0.15, 0.2) is 23.1 Å². The fourth-order valence-electron chi connectivity index (χ4n) is 1.72. The third-order valence-corrected chi connectivity index (χ3v) is 3.21. The molecule has 1 atom stereocenters. The Morgan fingerprint density at radius 2 is 2.38 bits per heavy atom. The molecule has 2 rings (SSSR count). The largest absolute Gasteiger partial charge is 0.384 e. The minimum absolute atomic E-state index is 0.211. The van der Waals surface area contributed by atoms with E-state index < -0.39 is 0 Å². The van der Waals surface area contributed by atoms with Gasteiger partial charge in [-0.3, -0.25) is 0 Å². The van der Waals surface area contributed by atoms with E-state index in [-0.39, 0.29) is 6.04 Å². The quantitative estimate of drug-likeness (QED) is 0.673. The van der Waals surface area contributed by atoms with Crippen molar-refractivity contribution in [3.8, 4) is 0 Å². The molecule has 13 heavy (non-hydrogen) atoms. The molecule has 0 radical (unpaired) electrons. The first kappa shape index (κ1) is 8.91. The van der Waals surface area contributed by atoms with E-state index in [2.05, 4.69) is 29.8 Å². The predicted molar refractivity (Wildman–Crippen MR) is 58.3 cm³/mol. The Morgan fingerprint density at radius 3 is 3.15 bits per heavy atom. The number of hydrogen-bond acceptors (Lipinski definition) is 3. The molecule has 1 heterocycles. The van der Waals surface area contributed by atoms with Gasteiger partial charge in [0.05, 0.1) is 5.69 Å². The maximum Gasteiger partial charge on any atom is 0.0526 e. The minimum Gasteiger partial charge on any atom is -0.384 e. The Bertz CT molecular complexity index is 312. The molecule has 0 bridgehead atoms. The van der Waals surface area contributed by atoms with Gasteiger partial charge in [-0.05, 0) is 24.3 Å². The van der Waals surface area contributed by atoms with E-state index in [0.29, 0.717) is 0 Å². The molecule has 0 unspecified atom stereocenters. The summed E-state index contributed by atoms with van der Waals surface area (Å²) >= 11 is 1.77. The monoisotopic (exact) mass is 194 g/mol. The Balaban J connectivity index is 2.48. The molecule has 0 aromatic heterocycles. The molecule has 3 heteroatoms. The van der Waals surface area contributed by atoms with Gasteiger partial charge in [-0.2, -0.15) is 0 Å². The minimum atomic E-state index is 0.211. The number of para-hydroxylation sites is 1. The van der Waals surface area contributed by atoms with Crippen LogP contribution in [-0.4, -0.2) is 12.8 Å². The van der Waals surface area contributed by atoms with Crippen LogP contribution >= 0.6 is 11.8 Å². The van der Waals surface area contributed by atoms with E-state index in [1.807, 2.05) is 0 Å². The Kier molecular flexibility index (Phi) is 2.47. The van der Waals surface area contributed by atoms with Crippen molar-refractivity contribution >= 4 is 17.4 Å². The number of hydrogen-bond donors (Lipinski definition) is 2. The van der Waals surface area contributed by atoms with Crippen molar-refractivity contribution in [3.63, 3.8) is 0 Å². The second-order valence-electron chi connectivity index (χ2n) is 3.25. The van der Waals surface area contributed by atoms with Crippen LogP contribution < -0.4 is 11.1 Å². The van der Waals surface area contributed by atoms with Gasteiger partial charge in [0.25, 0.3) is 0 Å². The molecule has 0 spiro atoms. The molecule has 0 amide bonds. The second kappa shape index (κ2) is 3.60. The molecule has 0 fully saturated rings. The Labute approximate surface area is 82.9 Å². The van der Waals surface area contributed by atoms with Gasteiger partial charge in [-0.1, -0.05) is 12.1 Å². The summed E-state index contributed by atoms with van der Waals surface area (Å²) in [6.07, 6.45) is 3.13. The lowest BCUT2D eigenvalue weighted by atomic mass is 9.99. The molecule has 0 aliphatic carbocycles. The van der Waals surface area contributed by atoms with Crippen LogP contribution in [0.4, 0.5) is 5.69 Å². The van der Waals surface area contributed by atoms with Gasteiger partial charge in [0, 0.05) is 17.5 Å². The van der Waals surface area contributed by atoms with Crippen molar-refractivity contribution in [1.82, 2.24) is 0 Å². The summed E-state index contributed by atoms with van der Waals surface area (Å²) in [6.45, 7) is 0.992. The second-order valence-corrected chi connectivity index (χ2v) is 4.09. The molecule has 1 aliphatic heterocycles. The molecule has 3 N–H and O–H groups in total. The maximum atomic E-state index is 6.02. The van der Waals surface area contributed by atoms with E-state index in [0.717, 1.165) is 13.0 Å². The standard InChI is InChI=1S/C10H14N2S/c1-13-9-4-2-3-7-8(11)5-6-12-10(7)9/h2-4,8,12H,5-6,11H2,1H3/t8-/m0/s1. The van der Waals surface area contributed by atoms with Crippen molar-refractivity contribution < 1.29 is 0 Å². The van der Waals surface area contributed by atoms with Gasteiger partial charge in [0.1, 0.15) is 0 Å². The molecule has 1 aromatic carbocycles. The highest BCUT2D eigenvalue weighted by Gasteiger charge is 2.17. The number of anilines is 1. The van der Waals surface area contributed by atoms with Crippen LogP contribution in [0, 0.1) is 0 Å². The summed E-state index contributed by atoms with van der Waals surface area (Å²) in [4.78, 5) is 1.30. The van der Waals surface area contributed by atoms with Crippen molar-refractivity contribution in [2.45, 2.75) is 17.4 Å². The van der Waals surface area contributed by atoms with E-state index in [9.17, 15) is 0 Å². The van der Waals surface area contributed by atoms with Gasteiger partial charge in [-0.25, -0.2) is 0 Å². The predicted octanol–water partition coefficient (Wildman–Crippen LogP) is 2.22. The summed E-state index contributed by atoms with van der Waals surface area (Å²) in [5, 5.41) is 3.41. The highest BCUT2D eigenvalue weighted by Crippen LogP contribution is 2.35. The third kappa shape index (κ3) is 1.54. The zero-order valence-corrected chi connectivity index (χ0v) is 8.53. The lowest BCUT2D eigenvalue weighted by Gasteiger charge is -2.25. The van der Waals surface area contributed by atoms with Gasteiger partial charge in [0.2, 0.25) is 0 Å². The third-order valence-electron chi connectivity index (χ3n) is 2.43. The van der Waals surface area contributed by atoms with E-state index >= 15 is 0 Å². The molecule has 70 valence electrons. The number of fused-ring (bicyclic) bond motifs is 1. The summed E-state index contributed by atoms with van der Waals surface area (Å²) in [6, 6.07) is 6.54. The number of nitrogens with two attached hydrogens (primary N) is 1. The van der Waals surface area contributed by atoms with Crippen LogP contribution in [0.5, 0.6) is 0 Å². The number of rotatable bonds is 1. The van der Waals surface area contributed by atoms with Gasteiger partial charge in [-0.15, -0.1) is 11.8 Å². The number of thioether (sulfide) groups is 1. The summed E-state index contributed by atoms with van der Waals surface area (Å²) in [7, 11) is 0. The molecular weight excluding hydrogens is 180 g/mol. The molecule has 2 nitrogen and oxygen atoms in total. The number of benzene rings is 1. The zero-order chi connectivity index (χ0) is 9.26. The highest BCUT2D eigenvalue weighted by atomic mass is 32.2. The van der Waals surface area contributed by atoms with Crippen molar-refractivity contribution in [2.75, 3.05) is 18.1 Å². The molecule has 1 aliphatic rings. The van der Waals surface area contributed by atoms with Crippen LogP contribution in [0.2, 0.25) is 0 Å². The van der Waals surface area contributed by atoms with Crippen LogP contribution in [0.3, 0.4) is 0 Å². The van der Waals surface area contributed by atoms with Gasteiger partial charge < -0.3 is 11.1 Å². The van der Waals surface area contributed by atoms with Crippen molar-refractivity contribution in [1.29, 1.82) is 0 Å². The van der Waals surface area contributed by atoms with Gasteiger partial charge in [0.15, 0.2) is 0 Å². The SMILES string of the molecule is CSc1cccc2c1NCC[C@@H]2N. The summed E-state index contributed by atoms with van der Waals surface area (Å²) < 4.78 is 0. The Hall–Kier alpha value is -0.670. The highest BCUT2D eigenvalue weighted by molar-refractivity contribution is 7.98. The van der Waals surface area contributed by atoms with E-state index in [1.165, 1.54) is 16.1 Å². The molecular formula is C10H14N2S. The lowest BCUT2D eigenvalue weighted by molar-refractivity contribution is 0.652. The van der Waals surface area contributed by atoms with Crippen molar-refractivity contribution in [3.05, 3.63) is 23.8 Å². The zero-order valence-electron chi connectivity index (χ0n) is 7.71. The smallest absolute Gasteiger partial charge is 0.0526 e. The van der Waals surface area contributed by atoms with Gasteiger partial charge >= 0.3 is 0 Å². The first-order chi connectivity index (χ1) is 6.33. The van der Waals surface area contributed by atoms with Crippen LogP contribution in [-0.2, 0) is 0 Å². The molecule has 0 saturated heterocycles. The van der Waals surface area contributed by atoms with Crippen molar-refractivity contribution in [2.24, 2.45) is 5.73 Å². The van der Waals surface area contributed by atoms with E-state index in [1.54, 1.807) is 11.8 Å². The first-order valence-corrected chi connectivity index (χ1v) is 5.71. The van der Waals surface area contributed by atoms with Crippen LogP contribution in [0.25, 0.3) is 0 Å².